The summed E-state index contributed by atoms with van der Waals surface area (Å²) in [6.45, 7) is 7.14. The second-order valence-corrected chi connectivity index (χ2v) is 5.68. The second kappa shape index (κ2) is 4.80. The molecule has 2 N–H and O–H groups in total. The molecule has 0 fully saturated rings. The van der Waals surface area contributed by atoms with Crippen molar-refractivity contribution in [2.45, 2.75) is 27.2 Å². The lowest BCUT2D eigenvalue weighted by molar-refractivity contribution is 0.0946. The predicted octanol–water partition coefficient (Wildman–Crippen LogP) is 2.73. The van der Waals surface area contributed by atoms with E-state index in [1.54, 1.807) is 0 Å². The number of benzene rings is 1. The maximum atomic E-state index is 12.0. The number of hydrogen-bond acceptors (Lipinski definition) is 2. The zero-order chi connectivity index (χ0) is 13.2. The minimum atomic E-state index is -0.114. The van der Waals surface area contributed by atoms with Crippen molar-refractivity contribution in [1.29, 1.82) is 0 Å². The number of para-hydroxylation sites is 1. The fraction of sp³-hybridized carbons (Fsp3) is 0.429. The van der Waals surface area contributed by atoms with Crippen LogP contribution in [0.4, 0.5) is 0 Å². The van der Waals surface area contributed by atoms with Gasteiger partial charge in [-0.15, -0.1) is 0 Å². The lowest BCUT2D eigenvalue weighted by Gasteiger charge is -2.17. The monoisotopic (exact) mass is 245 g/mol. The Morgan fingerprint density at radius 2 is 2.06 bits per heavy atom. The molecule has 96 valence electrons. The molecular weight excluding hydrogens is 226 g/mol. The first-order valence-electron chi connectivity index (χ1n) is 6.19. The van der Waals surface area contributed by atoms with Crippen LogP contribution in [-0.2, 0) is 0 Å². The standard InChI is InChI=1S/C14H19N3O/c1-14(2,3)8-9-15-13(18)12-10-6-4-5-7-11(10)16-17-12/h4-7H,8-9H2,1-3H3,(H,15,18)(H,16,17). The average Bonchev–Trinajstić information content (AvgIpc) is 2.70. The van der Waals surface area contributed by atoms with Crippen molar-refractivity contribution in [2.75, 3.05) is 6.54 Å². The van der Waals surface area contributed by atoms with Crippen molar-refractivity contribution in [3.8, 4) is 0 Å². The van der Waals surface area contributed by atoms with Crippen molar-refractivity contribution < 1.29 is 4.79 Å². The molecule has 18 heavy (non-hydrogen) atoms. The molecule has 1 aromatic heterocycles. The van der Waals surface area contributed by atoms with Crippen LogP contribution < -0.4 is 5.32 Å². The predicted molar refractivity (Wildman–Crippen MR) is 72.5 cm³/mol. The van der Waals surface area contributed by atoms with Crippen molar-refractivity contribution in [3.63, 3.8) is 0 Å². The molecule has 4 nitrogen and oxygen atoms in total. The first-order valence-corrected chi connectivity index (χ1v) is 6.19. The van der Waals surface area contributed by atoms with Gasteiger partial charge in [-0.1, -0.05) is 39.0 Å². The van der Waals surface area contributed by atoms with Crippen molar-refractivity contribution in [2.24, 2.45) is 5.41 Å². The van der Waals surface area contributed by atoms with E-state index >= 15 is 0 Å². The SMILES string of the molecule is CC(C)(C)CCNC(=O)c1n[nH]c2ccccc12. The Bertz CT molecular complexity index is 551. The fourth-order valence-corrected chi connectivity index (χ4v) is 1.77. The molecule has 0 saturated heterocycles. The van der Waals surface area contributed by atoms with Gasteiger partial charge < -0.3 is 5.32 Å². The van der Waals surface area contributed by atoms with Crippen LogP contribution in [0, 0.1) is 5.41 Å². The Balaban J connectivity index is 2.05. The van der Waals surface area contributed by atoms with Gasteiger partial charge in [0.15, 0.2) is 5.69 Å². The van der Waals surface area contributed by atoms with Gasteiger partial charge in [-0.05, 0) is 17.9 Å². The maximum absolute atomic E-state index is 12.0. The molecule has 0 radical (unpaired) electrons. The lowest BCUT2D eigenvalue weighted by atomic mass is 9.92. The molecule has 2 rings (SSSR count). The lowest BCUT2D eigenvalue weighted by Crippen LogP contribution is -2.27. The Morgan fingerprint density at radius 3 is 2.78 bits per heavy atom. The van der Waals surface area contributed by atoms with Gasteiger partial charge in [0.2, 0.25) is 0 Å². The van der Waals surface area contributed by atoms with E-state index in [1.165, 1.54) is 0 Å². The summed E-state index contributed by atoms with van der Waals surface area (Å²) in [4.78, 5) is 12.0. The van der Waals surface area contributed by atoms with Crippen LogP contribution in [0.3, 0.4) is 0 Å². The molecule has 1 aromatic carbocycles. The van der Waals surface area contributed by atoms with Gasteiger partial charge >= 0.3 is 0 Å². The van der Waals surface area contributed by atoms with Crippen LogP contribution in [-0.4, -0.2) is 22.6 Å². The third-order valence-electron chi connectivity index (χ3n) is 2.85. The summed E-state index contributed by atoms with van der Waals surface area (Å²) in [5, 5.41) is 10.7. The Kier molecular flexibility index (Phi) is 3.36. The van der Waals surface area contributed by atoms with E-state index in [4.69, 9.17) is 0 Å². The number of amides is 1. The number of carbonyl (C=O) groups is 1. The largest absolute Gasteiger partial charge is 0.351 e. The fourth-order valence-electron chi connectivity index (χ4n) is 1.77. The summed E-state index contributed by atoms with van der Waals surface area (Å²) in [6.07, 6.45) is 0.946. The number of H-pyrrole nitrogens is 1. The average molecular weight is 245 g/mol. The topological polar surface area (TPSA) is 57.8 Å². The molecule has 1 heterocycles. The molecule has 0 aliphatic carbocycles. The van der Waals surface area contributed by atoms with Crippen LogP contribution in [0.5, 0.6) is 0 Å². The molecule has 2 aromatic rings. The van der Waals surface area contributed by atoms with E-state index in [2.05, 4.69) is 36.3 Å². The molecular formula is C14H19N3O. The molecule has 0 atom stereocenters. The number of carbonyl (C=O) groups excluding carboxylic acids is 1. The number of aromatic amines is 1. The van der Waals surface area contributed by atoms with Crippen LogP contribution in [0.2, 0.25) is 0 Å². The van der Waals surface area contributed by atoms with Gasteiger partial charge in [0.05, 0.1) is 5.52 Å². The van der Waals surface area contributed by atoms with Crippen LogP contribution in [0.15, 0.2) is 24.3 Å². The van der Waals surface area contributed by atoms with Crippen LogP contribution in [0.1, 0.15) is 37.7 Å². The van der Waals surface area contributed by atoms with Gasteiger partial charge in [-0.25, -0.2) is 0 Å². The Labute approximate surface area is 107 Å². The minimum absolute atomic E-state index is 0.114. The van der Waals surface area contributed by atoms with E-state index in [1.807, 2.05) is 24.3 Å². The van der Waals surface area contributed by atoms with E-state index in [0.29, 0.717) is 12.2 Å². The molecule has 0 bridgehead atoms. The van der Waals surface area contributed by atoms with Gasteiger partial charge in [-0.2, -0.15) is 5.10 Å². The van der Waals surface area contributed by atoms with E-state index < -0.39 is 0 Å². The van der Waals surface area contributed by atoms with Gasteiger partial charge in [-0.3, -0.25) is 9.89 Å². The number of nitrogens with one attached hydrogen (secondary N) is 2. The highest BCUT2D eigenvalue weighted by Crippen LogP contribution is 2.18. The molecule has 0 saturated carbocycles. The first-order chi connectivity index (χ1) is 8.47. The summed E-state index contributed by atoms with van der Waals surface area (Å²) >= 11 is 0. The molecule has 0 spiro atoms. The highest BCUT2D eigenvalue weighted by molar-refractivity contribution is 6.04. The van der Waals surface area contributed by atoms with Crippen molar-refractivity contribution in [1.82, 2.24) is 15.5 Å². The van der Waals surface area contributed by atoms with E-state index in [0.717, 1.165) is 17.3 Å². The molecule has 0 unspecified atom stereocenters. The van der Waals surface area contributed by atoms with Gasteiger partial charge in [0.25, 0.3) is 5.91 Å². The van der Waals surface area contributed by atoms with Gasteiger partial charge in [0, 0.05) is 11.9 Å². The zero-order valence-electron chi connectivity index (χ0n) is 11.1. The van der Waals surface area contributed by atoms with Crippen molar-refractivity contribution >= 4 is 16.8 Å². The third-order valence-corrected chi connectivity index (χ3v) is 2.85. The van der Waals surface area contributed by atoms with E-state index in [-0.39, 0.29) is 11.3 Å². The summed E-state index contributed by atoms with van der Waals surface area (Å²) in [5.74, 6) is -0.114. The van der Waals surface area contributed by atoms with Gasteiger partial charge in [0.1, 0.15) is 0 Å². The second-order valence-electron chi connectivity index (χ2n) is 5.68. The van der Waals surface area contributed by atoms with E-state index in [9.17, 15) is 4.79 Å². The first kappa shape index (κ1) is 12.6. The molecule has 0 aliphatic heterocycles. The number of aromatic nitrogens is 2. The maximum Gasteiger partial charge on any atom is 0.272 e. The number of hydrogen-bond donors (Lipinski definition) is 2. The highest BCUT2D eigenvalue weighted by Gasteiger charge is 2.15. The molecule has 0 aliphatic rings. The van der Waals surface area contributed by atoms with Crippen molar-refractivity contribution in [3.05, 3.63) is 30.0 Å². The third kappa shape index (κ3) is 2.88. The zero-order valence-corrected chi connectivity index (χ0v) is 11.1. The van der Waals surface area contributed by atoms with Crippen LogP contribution in [0.25, 0.3) is 10.9 Å². The minimum Gasteiger partial charge on any atom is -0.351 e. The smallest absolute Gasteiger partial charge is 0.272 e. The Hall–Kier alpha value is -1.84. The number of fused-ring (bicyclic) bond motifs is 1. The highest BCUT2D eigenvalue weighted by atomic mass is 16.1. The summed E-state index contributed by atoms with van der Waals surface area (Å²) < 4.78 is 0. The summed E-state index contributed by atoms with van der Waals surface area (Å²) in [6, 6.07) is 7.64. The van der Waals surface area contributed by atoms with Crippen LogP contribution >= 0.6 is 0 Å². The summed E-state index contributed by atoms with van der Waals surface area (Å²) in [7, 11) is 0. The Morgan fingerprint density at radius 1 is 1.33 bits per heavy atom. The summed E-state index contributed by atoms with van der Waals surface area (Å²) in [5.41, 5.74) is 1.58. The number of nitrogens with zero attached hydrogens (tertiary/aromatic N) is 1. The quantitative estimate of drug-likeness (QED) is 0.873. The number of rotatable bonds is 3. The molecule has 4 heteroatoms. The normalized spacial score (nSPS) is 11.7. The molecule has 1 amide bonds.